The SMILES string of the molecule is CN(Cc1c(F)cccc1Cl)Cn1c(=S)oc2ccc(S(=O)(=O)N3CCOCC3)cc21. The molecule has 0 atom stereocenters. The van der Waals surface area contributed by atoms with Crippen LogP contribution in [-0.2, 0) is 28.0 Å². The second kappa shape index (κ2) is 8.97. The molecule has 0 amide bonds. The number of hydrogen-bond donors (Lipinski definition) is 0. The van der Waals surface area contributed by atoms with E-state index >= 15 is 0 Å². The van der Waals surface area contributed by atoms with E-state index in [1.165, 1.54) is 16.4 Å². The second-order valence-electron chi connectivity index (χ2n) is 7.30. The van der Waals surface area contributed by atoms with Crippen molar-refractivity contribution in [3.05, 3.63) is 57.6 Å². The molecule has 4 rings (SSSR count). The molecule has 2 aromatic carbocycles. The first-order valence-electron chi connectivity index (χ1n) is 9.60. The highest BCUT2D eigenvalue weighted by molar-refractivity contribution is 7.89. The fraction of sp³-hybridized carbons (Fsp3) is 0.350. The number of rotatable bonds is 6. The van der Waals surface area contributed by atoms with Crippen LogP contribution in [0.15, 0.2) is 45.7 Å². The fourth-order valence-corrected chi connectivity index (χ4v) is 5.41. The maximum Gasteiger partial charge on any atom is 0.270 e. The van der Waals surface area contributed by atoms with Crippen molar-refractivity contribution in [3.8, 4) is 0 Å². The van der Waals surface area contributed by atoms with Gasteiger partial charge in [0.1, 0.15) is 5.82 Å². The molecule has 1 aliphatic rings. The lowest BCUT2D eigenvalue weighted by Gasteiger charge is -2.26. The van der Waals surface area contributed by atoms with Crippen LogP contribution in [0, 0.1) is 10.7 Å². The molecule has 2 heterocycles. The van der Waals surface area contributed by atoms with Gasteiger partial charge < -0.3 is 9.15 Å². The third-order valence-electron chi connectivity index (χ3n) is 5.12. The number of ether oxygens (including phenoxy) is 1. The smallest absolute Gasteiger partial charge is 0.270 e. The van der Waals surface area contributed by atoms with Crippen molar-refractivity contribution >= 4 is 44.9 Å². The number of fused-ring (bicyclic) bond motifs is 1. The summed E-state index contributed by atoms with van der Waals surface area (Å²) in [6, 6.07) is 9.22. The van der Waals surface area contributed by atoms with Gasteiger partial charge in [0.05, 0.1) is 30.3 Å². The Bertz CT molecular complexity index is 1250. The van der Waals surface area contributed by atoms with E-state index in [1.807, 2.05) is 4.90 Å². The monoisotopic (exact) mass is 485 g/mol. The molecule has 11 heteroatoms. The van der Waals surface area contributed by atoms with Gasteiger partial charge in [-0.3, -0.25) is 9.47 Å². The minimum atomic E-state index is -3.67. The molecule has 1 aliphatic heterocycles. The number of halogens is 2. The standard InChI is InChI=1S/C20H21ClFN3O4S2/c1-23(12-15-16(21)3-2-4-17(15)22)13-25-18-11-14(5-6-19(18)29-20(25)30)31(26,27)24-7-9-28-10-8-24/h2-6,11H,7-10,12-13H2,1H3. The molecule has 1 fully saturated rings. The maximum absolute atomic E-state index is 14.1. The van der Waals surface area contributed by atoms with Crippen molar-refractivity contribution < 1.29 is 22.0 Å². The van der Waals surface area contributed by atoms with Crippen molar-refractivity contribution in [1.82, 2.24) is 13.8 Å². The Hall–Kier alpha value is -1.82. The first kappa shape index (κ1) is 22.4. The summed E-state index contributed by atoms with van der Waals surface area (Å²) in [5, 5.41) is 0.339. The normalized spacial score (nSPS) is 15.7. The van der Waals surface area contributed by atoms with Crippen LogP contribution in [0.4, 0.5) is 4.39 Å². The van der Waals surface area contributed by atoms with Gasteiger partial charge in [0.15, 0.2) is 5.58 Å². The lowest BCUT2D eigenvalue weighted by atomic mass is 10.2. The van der Waals surface area contributed by atoms with E-state index in [1.54, 1.807) is 35.9 Å². The first-order valence-corrected chi connectivity index (χ1v) is 11.8. The zero-order valence-electron chi connectivity index (χ0n) is 16.8. The summed E-state index contributed by atoms with van der Waals surface area (Å²) in [5.74, 6) is -0.390. The Kier molecular flexibility index (Phi) is 6.47. The number of morpholine rings is 1. The number of oxazole rings is 1. The van der Waals surface area contributed by atoms with Gasteiger partial charge in [-0.05, 0) is 49.6 Å². The molecule has 7 nitrogen and oxygen atoms in total. The maximum atomic E-state index is 14.1. The highest BCUT2D eigenvalue weighted by Crippen LogP contribution is 2.26. The summed E-state index contributed by atoms with van der Waals surface area (Å²) in [6.07, 6.45) is 0. The summed E-state index contributed by atoms with van der Waals surface area (Å²) in [6.45, 7) is 1.86. The molecule has 166 valence electrons. The molecule has 0 aliphatic carbocycles. The summed E-state index contributed by atoms with van der Waals surface area (Å²) >= 11 is 11.5. The van der Waals surface area contributed by atoms with Crippen LogP contribution in [0.5, 0.6) is 0 Å². The van der Waals surface area contributed by atoms with Crippen molar-refractivity contribution in [2.45, 2.75) is 18.1 Å². The summed E-state index contributed by atoms with van der Waals surface area (Å²) in [4.78, 5) is 2.17. The van der Waals surface area contributed by atoms with Crippen LogP contribution < -0.4 is 0 Å². The Morgan fingerprint density at radius 2 is 1.97 bits per heavy atom. The number of aromatic nitrogens is 1. The van der Waals surface area contributed by atoms with E-state index in [0.717, 1.165) is 0 Å². The van der Waals surface area contributed by atoms with E-state index in [2.05, 4.69) is 0 Å². The molecule has 0 bridgehead atoms. The average molecular weight is 486 g/mol. The van der Waals surface area contributed by atoms with Crippen LogP contribution in [0.3, 0.4) is 0 Å². The Balaban J connectivity index is 1.64. The predicted molar refractivity (Wildman–Crippen MR) is 117 cm³/mol. The van der Waals surface area contributed by atoms with E-state index in [9.17, 15) is 12.8 Å². The van der Waals surface area contributed by atoms with E-state index < -0.39 is 10.0 Å². The lowest BCUT2D eigenvalue weighted by Crippen LogP contribution is -2.40. The molecule has 1 saturated heterocycles. The van der Waals surface area contributed by atoms with Crippen molar-refractivity contribution in [3.63, 3.8) is 0 Å². The Labute approximate surface area is 189 Å². The minimum absolute atomic E-state index is 0.159. The molecular formula is C20H21ClFN3O4S2. The van der Waals surface area contributed by atoms with Crippen LogP contribution >= 0.6 is 23.8 Å². The molecule has 1 aromatic heterocycles. The highest BCUT2D eigenvalue weighted by atomic mass is 35.5. The number of nitrogens with zero attached hydrogens (tertiary/aromatic N) is 3. The zero-order valence-corrected chi connectivity index (χ0v) is 19.1. The van der Waals surface area contributed by atoms with Gasteiger partial charge in [0, 0.05) is 30.2 Å². The predicted octanol–water partition coefficient (Wildman–Crippen LogP) is 3.87. The van der Waals surface area contributed by atoms with E-state index in [4.69, 9.17) is 33.0 Å². The van der Waals surface area contributed by atoms with E-state index in [-0.39, 0.29) is 28.8 Å². The Morgan fingerprint density at radius 1 is 1.23 bits per heavy atom. The van der Waals surface area contributed by atoms with Crippen molar-refractivity contribution in [2.24, 2.45) is 0 Å². The van der Waals surface area contributed by atoms with Crippen molar-refractivity contribution in [1.29, 1.82) is 0 Å². The average Bonchev–Trinajstić information content (AvgIpc) is 3.06. The molecule has 0 N–H and O–H groups in total. The summed E-state index contributed by atoms with van der Waals surface area (Å²) < 4.78 is 54.2. The molecular weight excluding hydrogens is 465 g/mol. The quantitative estimate of drug-likeness (QED) is 0.494. The summed E-state index contributed by atoms with van der Waals surface area (Å²) in [5.41, 5.74) is 1.40. The van der Waals surface area contributed by atoms with Crippen LogP contribution in [0.1, 0.15) is 5.56 Å². The first-order chi connectivity index (χ1) is 14.8. The van der Waals surface area contributed by atoms with E-state index in [0.29, 0.717) is 48.0 Å². The topological polar surface area (TPSA) is 67.9 Å². The molecule has 0 radical (unpaired) electrons. The second-order valence-corrected chi connectivity index (χ2v) is 9.99. The largest absolute Gasteiger partial charge is 0.429 e. The molecule has 3 aromatic rings. The van der Waals surface area contributed by atoms with Crippen LogP contribution in [0.25, 0.3) is 11.1 Å². The van der Waals surface area contributed by atoms with Gasteiger partial charge in [-0.25, -0.2) is 12.8 Å². The van der Waals surface area contributed by atoms with Crippen LogP contribution in [-0.4, -0.2) is 55.5 Å². The molecule has 0 spiro atoms. The van der Waals surface area contributed by atoms with Gasteiger partial charge in [-0.2, -0.15) is 4.31 Å². The third kappa shape index (κ3) is 4.55. The summed E-state index contributed by atoms with van der Waals surface area (Å²) in [7, 11) is -1.88. The number of benzene rings is 2. The van der Waals surface area contributed by atoms with Gasteiger partial charge in [0.25, 0.3) is 4.84 Å². The molecule has 0 unspecified atom stereocenters. The molecule has 31 heavy (non-hydrogen) atoms. The minimum Gasteiger partial charge on any atom is -0.429 e. The van der Waals surface area contributed by atoms with Gasteiger partial charge >= 0.3 is 0 Å². The van der Waals surface area contributed by atoms with Crippen molar-refractivity contribution in [2.75, 3.05) is 33.4 Å². The number of hydrogen-bond acceptors (Lipinski definition) is 6. The Morgan fingerprint density at radius 3 is 2.68 bits per heavy atom. The fourth-order valence-electron chi connectivity index (χ4n) is 3.52. The van der Waals surface area contributed by atoms with Crippen LogP contribution in [0.2, 0.25) is 5.02 Å². The van der Waals surface area contributed by atoms with Gasteiger partial charge in [0.2, 0.25) is 10.0 Å². The van der Waals surface area contributed by atoms with Gasteiger partial charge in [-0.1, -0.05) is 17.7 Å². The third-order valence-corrected chi connectivity index (χ3v) is 7.67. The molecule has 0 saturated carbocycles. The van der Waals surface area contributed by atoms with Gasteiger partial charge in [-0.15, -0.1) is 0 Å². The number of sulfonamides is 1. The lowest BCUT2D eigenvalue weighted by molar-refractivity contribution is 0.0730. The highest BCUT2D eigenvalue weighted by Gasteiger charge is 2.27. The zero-order chi connectivity index (χ0) is 22.2.